The van der Waals surface area contributed by atoms with E-state index in [-0.39, 0.29) is 12.0 Å². The van der Waals surface area contributed by atoms with E-state index < -0.39 is 0 Å². The minimum atomic E-state index is 0.226. The van der Waals surface area contributed by atoms with Crippen molar-refractivity contribution in [1.82, 2.24) is 10.2 Å². The summed E-state index contributed by atoms with van der Waals surface area (Å²) in [5, 5.41) is 3.14. The van der Waals surface area contributed by atoms with Crippen LogP contribution in [0.15, 0.2) is 0 Å². The predicted octanol–water partition coefficient (Wildman–Crippen LogP) is 0.869. The van der Waals surface area contributed by atoms with Gasteiger partial charge in [0.15, 0.2) is 0 Å². The maximum atomic E-state index is 12.0. The van der Waals surface area contributed by atoms with E-state index in [2.05, 4.69) is 19.2 Å². The zero-order valence-corrected chi connectivity index (χ0v) is 10.9. The van der Waals surface area contributed by atoms with Crippen molar-refractivity contribution in [2.75, 3.05) is 32.8 Å². The van der Waals surface area contributed by atoms with E-state index in [1.54, 1.807) is 0 Å². The van der Waals surface area contributed by atoms with Crippen LogP contribution in [0.3, 0.4) is 0 Å². The first-order chi connectivity index (χ1) is 8.16. The number of hydrogen-bond acceptors (Lipinski definition) is 3. The van der Waals surface area contributed by atoms with Crippen molar-refractivity contribution in [3.8, 4) is 0 Å². The van der Waals surface area contributed by atoms with Crippen molar-refractivity contribution in [1.29, 1.82) is 0 Å². The Hall–Kier alpha value is -0.610. The average Bonchev–Trinajstić information content (AvgIpc) is 2.63. The number of nitrogens with zero attached hydrogens (tertiary/aromatic N) is 1. The van der Waals surface area contributed by atoms with Gasteiger partial charge < -0.3 is 15.0 Å². The maximum Gasteiger partial charge on any atom is 0.228 e. The molecule has 2 heterocycles. The van der Waals surface area contributed by atoms with Crippen LogP contribution in [0.5, 0.6) is 0 Å². The molecule has 2 rings (SSSR count). The zero-order valence-electron chi connectivity index (χ0n) is 10.9. The van der Waals surface area contributed by atoms with Gasteiger partial charge in [0.1, 0.15) is 0 Å². The Morgan fingerprint density at radius 1 is 1.47 bits per heavy atom. The molecule has 0 aromatic rings. The molecule has 2 aliphatic rings. The summed E-state index contributed by atoms with van der Waals surface area (Å²) in [7, 11) is 0. The molecular weight excluding hydrogens is 216 g/mol. The summed E-state index contributed by atoms with van der Waals surface area (Å²) in [6.07, 6.45) is 2.38. The van der Waals surface area contributed by atoms with Crippen LogP contribution in [-0.4, -0.2) is 49.7 Å². The fourth-order valence-corrected chi connectivity index (χ4v) is 2.26. The van der Waals surface area contributed by atoms with Gasteiger partial charge in [0, 0.05) is 32.8 Å². The monoisotopic (exact) mass is 240 g/mol. The molecule has 1 amide bonds. The van der Waals surface area contributed by atoms with Crippen molar-refractivity contribution in [3.05, 3.63) is 0 Å². The van der Waals surface area contributed by atoms with Crippen molar-refractivity contribution in [2.24, 2.45) is 11.8 Å². The van der Waals surface area contributed by atoms with Crippen LogP contribution in [0.2, 0.25) is 0 Å². The third-order valence-electron chi connectivity index (χ3n) is 3.64. The van der Waals surface area contributed by atoms with E-state index in [9.17, 15) is 4.79 Å². The van der Waals surface area contributed by atoms with Crippen LogP contribution in [0.1, 0.15) is 26.7 Å². The second-order valence-corrected chi connectivity index (χ2v) is 5.60. The quantitative estimate of drug-likeness (QED) is 0.775. The third kappa shape index (κ3) is 3.42. The highest BCUT2D eigenvalue weighted by Gasteiger charge is 2.33. The molecular formula is C13H24N2O2. The third-order valence-corrected chi connectivity index (χ3v) is 3.64. The molecule has 0 aromatic heterocycles. The molecule has 2 fully saturated rings. The summed E-state index contributed by atoms with van der Waals surface area (Å²) in [4.78, 5) is 14.0. The van der Waals surface area contributed by atoms with Crippen LogP contribution in [0.4, 0.5) is 0 Å². The van der Waals surface area contributed by atoms with Gasteiger partial charge in [-0.2, -0.15) is 0 Å². The molecule has 98 valence electrons. The Labute approximate surface area is 104 Å². The Morgan fingerprint density at radius 3 is 2.82 bits per heavy atom. The van der Waals surface area contributed by atoms with Gasteiger partial charge >= 0.3 is 0 Å². The molecule has 2 saturated heterocycles. The van der Waals surface area contributed by atoms with Crippen molar-refractivity contribution in [2.45, 2.75) is 32.8 Å². The topological polar surface area (TPSA) is 41.6 Å². The molecule has 0 spiro atoms. The molecule has 1 unspecified atom stereocenters. The summed E-state index contributed by atoms with van der Waals surface area (Å²) < 4.78 is 5.82. The minimum Gasteiger partial charge on any atom is -0.376 e. The Morgan fingerprint density at radius 2 is 2.24 bits per heavy atom. The average molecular weight is 240 g/mol. The Balaban J connectivity index is 1.66. The number of carbonyl (C=O) groups excluding carboxylic acids is 1. The van der Waals surface area contributed by atoms with Gasteiger partial charge in [0.05, 0.1) is 12.0 Å². The van der Waals surface area contributed by atoms with Gasteiger partial charge in [-0.05, 0) is 18.8 Å². The molecule has 17 heavy (non-hydrogen) atoms. The van der Waals surface area contributed by atoms with Gasteiger partial charge in [-0.25, -0.2) is 0 Å². The fourth-order valence-electron chi connectivity index (χ4n) is 2.26. The second-order valence-electron chi connectivity index (χ2n) is 5.60. The summed E-state index contributed by atoms with van der Waals surface area (Å²) in [5.74, 6) is 1.23. The second kappa shape index (κ2) is 5.83. The number of ether oxygens (including phenoxy) is 1. The molecule has 0 aliphatic carbocycles. The molecule has 1 N–H and O–H groups in total. The van der Waals surface area contributed by atoms with Crippen LogP contribution in [0, 0.1) is 11.8 Å². The summed E-state index contributed by atoms with van der Waals surface area (Å²) in [6.45, 7) is 8.63. The Kier molecular flexibility index (Phi) is 4.40. The highest BCUT2D eigenvalue weighted by molar-refractivity contribution is 5.80. The predicted molar refractivity (Wildman–Crippen MR) is 66.8 cm³/mol. The molecule has 0 saturated carbocycles. The standard InChI is InChI=1S/C13H24N2O2/c1-10(2)4-6-17-12-3-5-15(9-12)13(16)11-7-14-8-11/h10-12,14H,3-9H2,1-2H3. The molecule has 1 atom stereocenters. The van der Waals surface area contributed by atoms with E-state index in [0.29, 0.717) is 11.8 Å². The molecule has 0 bridgehead atoms. The van der Waals surface area contributed by atoms with Crippen LogP contribution in [-0.2, 0) is 9.53 Å². The smallest absolute Gasteiger partial charge is 0.228 e. The highest BCUT2D eigenvalue weighted by Crippen LogP contribution is 2.17. The van der Waals surface area contributed by atoms with Crippen molar-refractivity contribution >= 4 is 5.91 Å². The zero-order chi connectivity index (χ0) is 12.3. The lowest BCUT2D eigenvalue weighted by Crippen LogP contribution is -2.51. The maximum absolute atomic E-state index is 12.0. The van der Waals surface area contributed by atoms with Crippen LogP contribution < -0.4 is 5.32 Å². The first-order valence-corrected chi connectivity index (χ1v) is 6.78. The van der Waals surface area contributed by atoms with E-state index >= 15 is 0 Å². The summed E-state index contributed by atoms with van der Waals surface area (Å²) >= 11 is 0. The van der Waals surface area contributed by atoms with E-state index in [0.717, 1.165) is 45.6 Å². The van der Waals surface area contributed by atoms with E-state index in [1.165, 1.54) is 0 Å². The molecule has 0 radical (unpaired) electrons. The number of nitrogens with one attached hydrogen (secondary N) is 1. The van der Waals surface area contributed by atoms with Gasteiger partial charge in [-0.15, -0.1) is 0 Å². The Bertz CT molecular complexity index is 264. The SMILES string of the molecule is CC(C)CCOC1CCN(C(=O)C2CNC2)C1. The number of rotatable bonds is 5. The van der Waals surface area contributed by atoms with Crippen LogP contribution >= 0.6 is 0 Å². The largest absolute Gasteiger partial charge is 0.376 e. The van der Waals surface area contributed by atoms with Crippen molar-refractivity contribution in [3.63, 3.8) is 0 Å². The van der Waals surface area contributed by atoms with E-state index in [1.807, 2.05) is 4.90 Å². The van der Waals surface area contributed by atoms with Gasteiger partial charge in [-0.3, -0.25) is 4.79 Å². The first-order valence-electron chi connectivity index (χ1n) is 6.78. The first kappa shape index (κ1) is 12.8. The highest BCUT2D eigenvalue weighted by atomic mass is 16.5. The van der Waals surface area contributed by atoms with Gasteiger partial charge in [0.2, 0.25) is 5.91 Å². The van der Waals surface area contributed by atoms with Crippen molar-refractivity contribution < 1.29 is 9.53 Å². The van der Waals surface area contributed by atoms with Crippen LogP contribution in [0.25, 0.3) is 0 Å². The fraction of sp³-hybridized carbons (Fsp3) is 0.923. The van der Waals surface area contributed by atoms with E-state index in [4.69, 9.17) is 4.74 Å². The van der Waals surface area contributed by atoms with Gasteiger partial charge in [-0.1, -0.05) is 13.8 Å². The molecule has 2 aliphatic heterocycles. The number of hydrogen-bond donors (Lipinski definition) is 1. The lowest BCUT2D eigenvalue weighted by molar-refractivity contribution is -0.136. The lowest BCUT2D eigenvalue weighted by Gasteiger charge is -2.30. The summed E-state index contributed by atoms with van der Waals surface area (Å²) in [5.41, 5.74) is 0. The number of carbonyl (C=O) groups is 1. The normalized spacial score (nSPS) is 25.4. The molecule has 0 aromatic carbocycles. The van der Waals surface area contributed by atoms with Gasteiger partial charge in [0.25, 0.3) is 0 Å². The molecule has 4 nitrogen and oxygen atoms in total. The minimum absolute atomic E-state index is 0.226. The lowest BCUT2D eigenvalue weighted by atomic mass is 10.0. The number of likely N-dealkylation sites (tertiary alicyclic amines) is 1. The molecule has 4 heteroatoms. The number of amides is 1. The summed E-state index contributed by atoms with van der Waals surface area (Å²) in [6, 6.07) is 0.